The molecule has 0 radical (unpaired) electrons. The summed E-state index contributed by atoms with van der Waals surface area (Å²) in [5.41, 5.74) is 4.77. The van der Waals surface area contributed by atoms with Gasteiger partial charge in [-0.3, -0.25) is 14.5 Å². The van der Waals surface area contributed by atoms with E-state index in [1.807, 2.05) is 0 Å². The van der Waals surface area contributed by atoms with Crippen molar-refractivity contribution >= 4 is 17.8 Å². The van der Waals surface area contributed by atoms with E-state index in [0.717, 1.165) is 24.2 Å². The molecule has 1 saturated heterocycles. The Bertz CT molecular complexity index is 510. The van der Waals surface area contributed by atoms with Gasteiger partial charge in [0.1, 0.15) is 12.1 Å². The van der Waals surface area contributed by atoms with Gasteiger partial charge in [-0.1, -0.05) is 27.2 Å². The fourth-order valence-corrected chi connectivity index (χ4v) is 3.75. The highest BCUT2D eigenvalue weighted by Gasteiger charge is 2.53. The Hall–Kier alpha value is -1.63. The van der Waals surface area contributed by atoms with E-state index in [1.165, 1.54) is 0 Å². The summed E-state index contributed by atoms with van der Waals surface area (Å²) in [5.74, 6) is -0.0651. The van der Waals surface area contributed by atoms with Crippen LogP contribution >= 0.6 is 0 Å². The second kappa shape index (κ2) is 7.09. The second-order valence-corrected chi connectivity index (χ2v) is 7.66. The van der Waals surface area contributed by atoms with E-state index in [9.17, 15) is 14.4 Å². The van der Waals surface area contributed by atoms with Crippen molar-refractivity contribution in [2.24, 2.45) is 17.1 Å². The molecule has 1 spiro atoms. The van der Waals surface area contributed by atoms with Crippen molar-refractivity contribution < 1.29 is 14.4 Å². The fraction of sp³-hybridized carbons (Fsp3) is 0.824. The molecule has 0 aromatic carbocycles. The highest BCUT2D eigenvalue weighted by molar-refractivity contribution is 6.09. The zero-order valence-corrected chi connectivity index (χ0v) is 15.0. The van der Waals surface area contributed by atoms with E-state index in [0.29, 0.717) is 31.8 Å². The third-order valence-corrected chi connectivity index (χ3v) is 5.87. The quantitative estimate of drug-likeness (QED) is 0.628. The van der Waals surface area contributed by atoms with Gasteiger partial charge in [0.2, 0.25) is 5.91 Å². The molecule has 2 aliphatic rings. The van der Waals surface area contributed by atoms with Crippen molar-refractivity contribution in [2.75, 3.05) is 19.6 Å². The second-order valence-electron chi connectivity index (χ2n) is 7.66. The lowest BCUT2D eigenvalue weighted by Gasteiger charge is -2.42. The van der Waals surface area contributed by atoms with E-state index in [2.05, 4.69) is 31.4 Å². The molecule has 1 aliphatic heterocycles. The molecule has 4 amide bonds. The molecule has 0 atom stereocenters. The number of hydrogen-bond donors (Lipinski definition) is 3. The predicted molar refractivity (Wildman–Crippen MR) is 91.1 cm³/mol. The molecule has 2 rings (SSSR count). The minimum atomic E-state index is -0.814. The van der Waals surface area contributed by atoms with Crippen LogP contribution in [0.3, 0.4) is 0 Å². The average Bonchev–Trinajstić information content (AvgIpc) is 2.77. The van der Waals surface area contributed by atoms with Crippen molar-refractivity contribution in [3.05, 3.63) is 0 Å². The number of urea groups is 1. The van der Waals surface area contributed by atoms with Crippen LogP contribution in [0.25, 0.3) is 0 Å². The Kier molecular flexibility index (Phi) is 5.52. The summed E-state index contributed by atoms with van der Waals surface area (Å²) < 4.78 is 0. The molecule has 0 unspecified atom stereocenters. The van der Waals surface area contributed by atoms with E-state index in [1.54, 1.807) is 0 Å². The SMILES string of the molecule is CCC(C)(C)C1CCC2(CC1)NC(=O)N(CC(=O)NCCN)C2=O. The fourth-order valence-electron chi connectivity index (χ4n) is 3.75. The molecule has 136 valence electrons. The van der Waals surface area contributed by atoms with Crippen molar-refractivity contribution in [1.82, 2.24) is 15.5 Å². The molecule has 4 N–H and O–H groups in total. The summed E-state index contributed by atoms with van der Waals surface area (Å²) in [6.45, 7) is 7.13. The summed E-state index contributed by atoms with van der Waals surface area (Å²) in [5, 5.41) is 5.44. The maximum atomic E-state index is 12.8. The van der Waals surface area contributed by atoms with E-state index >= 15 is 0 Å². The number of hydrogen-bond acceptors (Lipinski definition) is 4. The molecular formula is C17H30N4O3. The highest BCUT2D eigenvalue weighted by atomic mass is 16.2. The third-order valence-electron chi connectivity index (χ3n) is 5.87. The number of rotatable bonds is 6. The standard InChI is InChI=1S/C17H30N4O3/c1-4-16(2,3)12-5-7-17(8-6-12)14(23)21(15(24)20-17)11-13(22)19-10-9-18/h12H,4-11,18H2,1-3H3,(H,19,22)(H,20,24). The molecule has 7 nitrogen and oxygen atoms in total. The van der Waals surface area contributed by atoms with Gasteiger partial charge in [0.15, 0.2) is 0 Å². The Labute approximate surface area is 143 Å². The summed E-state index contributed by atoms with van der Waals surface area (Å²) in [6, 6.07) is -0.462. The van der Waals surface area contributed by atoms with Crippen LogP contribution in [0.1, 0.15) is 52.9 Å². The molecule has 0 bridgehead atoms. The Morgan fingerprint density at radius 1 is 1.38 bits per heavy atom. The minimum absolute atomic E-state index is 0.240. The number of amides is 4. The van der Waals surface area contributed by atoms with Crippen molar-refractivity contribution in [3.63, 3.8) is 0 Å². The van der Waals surface area contributed by atoms with Gasteiger partial charge in [0.05, 0.1) is 0 Å². The number of carbonyl (C=O) groups is 3. The first-order chi connectivity index (χ1) is 11.3. The summed E-state index contributed by atoms with van der Waals surface area (Å²) in [7, 11) is 0. The van der Waals surface area contributed by atoms with E-state index < -0.39 is 11.6 Å². The monoisotopic (exact) mass is 338 g/mol. The van der Waals surface area contributed by atoms with Gasteiger partial charge in [-0.05, 0) is 37.0 Å². The van der Waals surface area contributed by atoms with Gasteiger partial charge in [-0.15, -0.1) is 0 Å². The van der Waals surface area contributed by atoms with E-state index in [-0.39, 0.29) is 23.8 Å². The van der Waals surface area contributed by atoms with Crippen LogP contribution in [-0.4, -0.2) is 47.9 Å². The number of nitrogens with zero attached hydrogens (tertiary/aromatic N) is 1. The largest absolute Gasteiger partial charge is 0.353 e. The summed E-state index contributed by atoms with van der Waals surface area (Å²) in [4.78, 5) is 37.8. The van der Waals surface area contributed by atoms with Crippen LogP contribution in [0.2, 0.25) is 0 Å². The van der Waals surface area contributed by atoms with Crippen LogP contribution in [0, 0.1) is 11.3 Å². The van der Waals surface area contributed by atoms with Gasteiger partial charge >= 0.3 is 6.03 Å². The molecule has 0 aromatic heterocycles. The topological polar surface area (TPSA) is 105 Å². The normalized spacial score (nSPS) is 27.5. The zero-order chi connectivity index (χ0) is 18.0. The summed E-state index contributed by atoms with van der Waals surface area (Å²) in [6.07, 6.45) is 4.22. The van der Waals surface area contributed by atoms with Gasteiger partial charge < -0.3 is 16.4 Å². The maximum absolute atomic E-state index is 12.8. The molecule has 1 heterocycles. The Balaban J connectivity index is 2.00. The maximum Gasteiger partial charge on any atom is 0.325 e. The molecular weight excluding hydrogens is 308 g/mol. The first-order valence-electron chi connectivity index (χ1n) is 8.86. The van der Waals surface area contributed by atoms with Gasteiger partial charge in [-0.25, -0.2) is 4.79 Å². The Morgan fingerprint density at radius 2 is 2.00 bits per heavy atom. The lowest BCUT2D eigenvalue weighted by Crippen LogP contribution is -2.51. The molecule has 1 aliphatic carbocycles. The van der Waals surface area contributed by atoms with Crippen LogP contribution in [-0.2, 0) is 9.59 Å². The lowest BCUT2D eigenvalue weighted by molar-refractivity contribution is -0.136. The Morgan fingerprint density at radius 3 is 2.54 bits per heavy atom. The number of imide groups is 1. The molecule has 2 fully saturated rings. The molecule has 7 heteroatoms. The minimum Gasteiger partial charge on any atom is -0.353 e. The highest BCUT2D eigenvalue weighted by Crippen LogP contribution is 2.45. The first-order valence-corrected chi connectivity index (χ1v) is 8.86. The smallest absolute Gasteiger partial charge is 0.325 e. The van der Waals surface area contributed by atoms with Gasteiger partial charge in [0, 0.05) is 13.1 Å². The van der Waals surface area contributed by atoms with Crippen LogP contribution in [0.5, 0.6) is 0 Å². The number of nitrogens with one attached hydrogen (secondary N) is 2. The molecule has 1 saturated carbocycles. The first kappa shape index (κ1) is 18.7. The lowest BCUT2D eigenvalue weighted by atomic mass is 9.65. The van der Waals surface area contributed by atoms with Crippen molar-refractivity contribution in [3.8, 4) is 0 Å². The summed E-state index contributed by atoms with van der Waals surface area (Å²) >= 11 is 0. The van der Waals surface area contributed by atoms with Crippen LogP contribution in [0.4, 0.5) is 4.79 Å². The number of carbonyl (C=O) groups excluding carboxylic acids is 3. The average molecular weight is 338 g/mol. The third kappa shape index (κ3) is 3.55. The predicted octanol–water partition coefficient (Wildman–Crippen LogP) is 0.978. The van der Waals surface area contributed by atoms with Crippen molar-refractivity contribution in [2.45, 2.75) is 58.4 Å². The molecule has 24 heavy (non-hydrogen) atoms. The van der Waals surface area contributed by atoms with Crippen LogP contribution in [0.15, 0.2) is 0 Å². The van der Waals surface area contributed by atoms with Crippen molar-refractivity contribution in [1.29, 1.82) is 0 Å². The van der Waals surface area contributed by atoms with Gasteiger partial charge in [0.25, 0.3) is 5.91 Å². The molecule has 0 aromatic rings. The van der Waals surface area contributed by atoms with Crippen LogP contribution < -0.4 is 16.4 Å². The van der Waals surface area contributed by atoms with E-state index in [4.69, 9.17) is 5.73 Å². The number of nitrogens with two attached hydrogens (primary N) is 1. The zero-order valence-electron chi connectivity index (χ0n) is 15.0. The van der Waals surface area contributed by atoms with Gasteiger partial charge in [-0.2, -0.15) is 0 Å².